The summed E-state index contributed by atoms with van der Waals surface area (Å²) >= 11 is 0. The molecule has 124 valence electrons. The number of nitrogens with zero attached hydrogens (tertiary/aromatic N) is 2. The molecule has 0 aliphatic carbocycles. The molecule has 5 heteroatoms. The van der Waals surface area contributed by atoms with Gasteiger partial charge in [-0.05, 0) is 39.3 Å². The average molecular weight is 299 g/mol. The summed E-state index contributed by atoms with van der Waals surface area (Å²) in [6, 6.07) is 2.82. The molecule has 0 bridgehead atoms. The minimum absolute atomic E-state index is 0.363. The van der Waals surface area contributed by atoms with E-state index in [0.717, 1.165) is 45.5 Å². The van der Waals surface area contributed by atoms with Crippen molar-refractivity contribution in [3.8, 4) is 6.07 Å². The molecule has 0 aromatic rings. The first-order valence-corrected chi connectivity index (χ1v) is 7.97. The number of hydrogen-bond donors (Lipinski definition) is 1. The lowest BCUT2D eigenvalue weighted by molar-refractivity contribution is 0.0729. The van der Waals surface area contributed by atoms with Crippen LogP contribution in [0.4, 0.5) is 0 Å². The van der Waals surface area contributed by atoms with Crippen molar-refractivity contribution in [3.05, 3.63) is 0 Å². The Morgan fingerprint density at radius 1 is 1.24 bits per heavy atom. The fraction of sp³-hybridized carbons (Fsp3) is 0.938. The Kier molecular flexibility index (Phi) is 11.6. The van der Waals surface area contributed by atoms with Gasteiger partial charge in [0.05, 0.1) is 19.3 Å². The topological polar surface area (TPSA) is 57.5 Å². The third-order valence-corrected chi connectivity index (χ3v) is 4.00. The Bertz CT molecular complexity index is 294. The van der Waals surface area contributed by atoms with Gasteiger partial charge in [-0.25, -0.2) is 0 Å². The monoisotopic (exact) mass is 299 g/mol. The predicted molar refractivity (Wildman–Crippen MR) is 86.3 cm³/mol. The Labute approximate surface area is 130 Å². The number of nitriles is 1. The van der Waals surface area contributed by atoms with Crippen LogP contribution in [0, 0.1) is 11.3 Å². The van der Waals surface area contributed by atoms with Gasteiger partial charge in [-0.2, -0.15) is 5.26 Å². The van der Waals surface area contributed by atoms with Crippen LogP contribution in [0.15, 0.2) is 0 Å². The molecule has 0 fully saturated rings. The zero-order chi connectivity index (χ0) is 16.1. The maximum atomic E-state index is 9.44. The molecule has 0 saturated carbocycles. The average Bonchev–Trinajstić information content (AvgIpc) is 2.49. The van der Waals surface area contributed by atoms with Crippen LogP contribution in [0.2, 0.25) is 0 Å². The maximum Gasteiger partial charge on any atom is 0.106 e. The zero-order valence-corrected chi connectivity index (χ0v) is 14.4. The van der Waals surface area contributed by atoms with Crippen LogP contribution in [-0.4, -0.2) is 63.5 Å². The van der Waals surface area contributed by atoms with Crippen LogP contribution in [-0.2, 0) is 9.47 Å². The summed E-state index contributed by atoms with van der Waals surface area (Å²) in [5.41, 5.74) is -0.383. The number of methoxy groups -OCH3 is 2. The summed E-state index contributed by atoms with van der Waals surface area (Å²) in [6.45, 7) is 10.4. The highest BCUT2D eigenvalue weighted by Crippen LogP contribution is 2.17. The molecule has 2 atom stereocenters. The molecular weight excluding hydrogens is 266 g/mol. The fourth-order valence-corrected chi connectivity index (χ4v) is 2.59. The molecule has 0 aliphatic rings. The van der Waals surface area contributed by atoms with Crippen molar-refractivity contribution < 1.29 is 9.47 Å². The van der Waals surface area contributed by atoms with Crippen LogP contribution >= 0.6 is 0 Å². The summed E-state index contributed by atoms with van der Waals surface area (Å²) in [7, 11) is 3.45. The Morgan fingerprint density at radius 2 is 1.95 bits per heavy atom. The smallest absolute Gasteiger partial charge is 0.106 e. The van der Waals surface area contributed by atoms with Gasteiger partial charge in [0, 0.05) is 26.8 Å². The molecule has 5 nitrogen and oxygen atoms in total. The Hall–Kier alpha value is -0.670. The Balaban J connectivity index is 4.42. The summed E-state index contributed by atoms with van der Waals surface area (Å²) in [6.07, 6.45) is 2.70. The van der Waals surface area contributed by atoms with Gasteiger partial charge in [-0.3, -0.25) is 10.2 Å². The van der Waals surface area contributed by atoms with Crippen molar-refractivity contribution in [2.75, 3.05) is 47.1 Å². The van der Waals surface area contributed by atoms with Gasteiger partial charge in [0.15, 0.2) is 0 Å². The normalized spacial score (nSPS) is 15.7. The fourth-order valence-electron chi connectivity index (χ4n) is 2.59. The molecule has 0 radical (unpaired) electrons. The van der Waals surface area contributed by atoms with Crippen LogP contribution in [0.3, 0.4) is 0 Å². The lowest BCUT2D eigenvalue weighted by atomic mass is 9.91. The third kappa shape index (κ3) is 7.77. The molecule has 0 saturated heterocycles. The minimum atomic E-state index is -0.383. The first-order valence-electron chi connectivity index (χ1n) is 7.97. The molecular formula is C16H33N3O2. The van der Waals surface area contributed by atoms with Gasteiger partial charge >= 0.3 is 0 Å². The summed E-state index contributed by atoms with van der Waals surface area (Å²) in [5, 5.41) is 12.8. The van der Waals surface area contributed by atoms with E-state index in [1.165, 1.54) is 0 Å². The van der Waals surface area contributed by atoms with E-state index in [1.54, 1.807) is 14.2 Å². The SMILES string of the molecule is CCNC(C#N)(CC)CCCN(CCOC)C(C)COC. The van der Waals surface area contributed by atoms with Crippen molar-refractivity contribution in [2.24, 2.45) is 0 Å². The summed E-state index contributed by atoms with van der Waals surface area (Å²) < 4.78 is 10.4. The molecule has 2 unspecified atom stereocenters. The number of ether oxygens (including phenoxy) is 2. The van der Waals surface area contributed by atoms with Crippen molar-refractivity contribution >= 4 is 0 Å². The van der Waals surface area contributed by atoms with E-state index in [1.807, 2.05) is 6.92 Å². The molecule has 0 amide bonds. The number of hydrogen-bond acceptors (Lipinski definition) is 5. The molecule has 0 aromatic carbocycles. The Morgan fingerprint density at radius 3 is 2.43 bits per heavy atom. The van der Waals surface area contributed by atoms with E-state index in [0.29, 0.717) is 12.6 Å². The third-order valence-electron chi connectivity index (χ3n) is 4.00. The van der Waals surface area contributed by atoms with Gasteiger partial charge in [-0.15, -0.1) is 0 Å². The lowest BCUT2D eigenvalue weighted by Gasteiger charge is -2.31. The van der Waals surface area contributed by atoms with Crippen molar-refractivity contribution in [1.29, 1.82) is 5.26 Å². The van der Waals surface area contributed by atoms with Crippen molar-refractivity contribution in [3.63, 3.8) is 0 Å². The van der Waals surface area contributed by atoms with Crippen LogP contribution < -0.4 is 5.32 Å². The van der Waals surface area contributed by atoms with Gasteiger partial charge in [0.2, 0.25) is 0 Å². The van der Waals surface area contributed by atoms with Crippen molar-refractivity contribution in [1.82, 2.24) is 10.2 Å². The molecule has 0 spiro atoms. The van der Waals surface area contributed by atoms with E-state index in [2.05, 4.69) is 30.1 Å². The van der Waals surface area contributed by atoms with E-state index >= 15 is 0 Å². The van der Waals surface area contributed by atoms with Crippen LogP contribution in [0.1, 0.15) is 40.0 Å². The second-order valence-corrected chi connectivity index (χ2v) is 5.51. The molecule has 1 N–H and O–H groups in total. The standard InChI is InChI=1S/C16H33N3O2/c1-6-16(14-17,18-7-2)9-8-10-19(11-12-20-4)15(3)13-21-5/h15,18H,6-13H2,1-5H3. The second-order valence-electron chi connectivity index (χ2n) is 5.51. The van der Waals surface area contributed by atoms with Crippen LogP contribution in [0.5, 0.6) is 0 Å². The number of rotatable bonds is 13. The van der Waals surface area contributed by atoms with E-state index < -0.39 is 0 Å². The van der Waals surface area contributed by atoms with Gasteiger partial charge < -0.3 is 9.47 Å². The molecule has 0 heterocycles. The first-order chi connectivity index (χ1) is 10.1. The molecule has 0 aromatic heterocycles. The maximum absolute atomic E-state index is 9.44. The lowest BCUT2D eigenvalue weighted by Crippen LogP contribution is -2.45. The highest BCUT2D eigenvalue weighted by atomic mass is 16.5. The quantitative estimate of drug-likeness (QED) is 0.564. The van der Waals surface area contributed by atoms with Gasteiger partial charge in [-0.1, -0.05) is 13.8 Å². The van der Waals surface area contributed by atoms with Crippen LogP contribution in [0.25, 0.3) is 0 Å². The summed E-state index contributed by atoms with van der Waals surface area (Å²) in [4.78, 5) is 2.37. The largest absolute Gasteiger partial charge is 0.383 e. The minimum Gasteiger partial charge on any atom is -0.383 e. The van der Waals surface area contributed by atoms with E-state index in [9.17, 15) is 5.26 Å². The second kappa shape index (κ2) is 11.9. The highest BCUT2D eigenvalue weighted by Gasteiger charge is 2.26. The highest BCUT2D eigenvalue weighted by molar-refractivity contribution is 5.06. The zero-order valence-electron chi connectivity index (χ0n) is 14.4. The van der Waals surface area contributed by atoms with Crippen molar-refractivity contribution in [2.45, 2.75) is 51.6 Å². The van der Waals surface area contributed by atoms with E-state index in [-0.39, 0.29) is 5.54 Å². The van der Waals surface area contributed by atoms with Gasteiger partial charge in [0.1, 0.15) is 5.54 Å². The summed E-state index contributed by atoms with van der Waals surface area (Å²) in [5.74, 6) is 0. The predicted octanol–water partition coefficient (Wildman–Crippen LogP) is 2.03. The number of nitrogens with one attached hydrogen (secondary N) is 1. The van der Waals surface area contributed by atoms with E-state index in [4.69, 9.17) is 9.47 Å². The van der Waals surface area contributed by atoms with Gasteiger partial charge in [0.25, 0.3) is 0 Å². The molecule has 21 heavy (non-hydrogen) atoms. The molecule has 0 rings (SSSR count). The first kappa shape index (κ1) is 20.3. The molecule has 0 aliphatic heterocycles.